The van der Waals surface area contributed by atoms with Crippen LogP contribution in [0.3, 0.4) is 0 Å². The van der Waals surface area contributed by atoms with Crippen molar-refractivity contribution in [1.82, 2.24) is 10.0 Å². The van der Waals surface area contributed by atoms with Crippen LogP contribution < -0.4 is 19.5 Å². The summed E-state index contributed by atoms with van der Waals surface area (Å²) in [5.41, 5.74) is 0. The first-order valence-electron chi connectivity index (χ1n) is 6.52. The minimum absolute atomic E-state index is 0. The number of hydrogen-bond donors (Lipinski definition) is 2. The number of hydrogen-bond acceptors (Lipinski definition) is 5. The third kappa shape index (κ3) is 4.47. The van der Waals surface area contributed by atoms with Crippen LogP contribution in [0.15, 0.2) is 23.1 Å². The van der Waals surface area contributed by atoms with Gasteiger partial charge < -0.3 is 14.8 Å². The van der Waals surface area contributed by atoms with Gasteiger partial charge in [0.25, 0.3) is 0 Å². The summed E-state index contributed by atoms with van der Waals surface area (Å²) in [7, 11) is -0.545. The molecule has 0 amide bonds. The van der Waals surface area contributed by atoms with Gasteiger partial charge in [-0.05, 0) is 31.5 Å². The minimum Gasteiger partial charge on any atom is -0.493 e. The normalized spacial score (nSPS) is 18.1. The maximum atomic E-state index is 12.2. The average Bonchev–Trinajstić information content (AvgIpc) is 2.97. The molecule has 1 fully saturated rings. The predicted molar refractivity (Wildman–Crippen MR) is 83.0 cm³/mol. The van der Waals surface area contributed by atoms with Gasteiger partial charge in [-0.2, -0.15) is 0 Å². The fourth-order valence-electron chi connectivity index (χ4n) is 2.21. The van der Waals surface area contributed by atoms with Crippen LogP contribution in [-0.4, -0.2) is 41.8 Å². The molecular weight excluding hydrogens is 316 g/mol. The van der Waals surface area contributed by atoms with E-state index >= 15 is 0 Å². The topological polar surface area (TPSA) is 76.7 Å². The zero-order valence-electron chi connectivity index (χ0n) is 12.1. The number of benzene rings is 1. The molecule has 1 aliphatic heterocycles. The highest BCUT2D eigenvalue weighted by atomic mass is 35.5. The molecule has 1 aliphatic rings. The van der Waals surface area contributed by atoms with Crippen molar-refractivity contribution in [2.45, 2.75) is 23.8 Å². The quantitative estimate of drug-likeness (QED) is 0.815. The van der Waals surface area contributed by atoms with E-state index in [0.29, 0.717) is 18.0 Å². The summed E-state index contributed by atoms with van der Waals surface area (Å²) < 4.78 is 37.3. The smallest absolute Gasteiger partial charge is 0.240 e. The maximum absolute atomic E-state index is 12.2. The van der Waals surface area contributed by atoms with Crippen molar-refractivity contribution in [3.8, 4) is 11.5 Å². The molecule has 120 valence electrons. The number of sulfonamides is 1. The van der Waals surface area contributed by atoms with Gasteiger partial charge in [0.15, 0.2) is 11.5 Å². The molecule has 1 atom stereocenters. The van der Waals surface area contributed by atoms with Gasteiger partial charge >= 0.3 is 0 Å². The van der Waals surface area contributed by atoms with Crippen LogP contribution in [0.25, 0.3) is 0 Å². The lowest BCUT2D eigenvalue weighted by Crippen LogP contribution is -2.37. The number of ether oxygens (including phenoxy) is 2. The zero-order valence-corrected chi connectivity index (χ0v) is 13.7. The third-order valence-electron chi connectivity index (χ3n) is 3.35. The molecule has 1 saturated heterocycles. The Morgan fingerprint density at radius 2 is 2.00 bits per heavy atom. The molecule has 0 bridgehead atoms. The van der Waals surface area contributed by atoms with Crippen molar-refractivity contribution < 1.29 is 17.9 Å². The Hall–Kier alpha value is -1.02. The highest BCUT2D eigenvalue weighted by Gasteiger charge is 2.20. The molecule has 6 nitrogen and oxygen atoms in total. The molecule has 1 aromatic carbocycles. The van der Waals surface area contributed by atoms with Crippen molar-refractivity contribution in [3.63, 3.8) is 0 Å². The minimum atomic E-state index is -3.53. The maximum Gasteiger partial charge on any atom is 0.240 e. The van der Waals surface area contributed by atoms with E-state index < -0.39 is 10.0 Å². The van der Waals surface area contributed by atoms with Crippen molar-refractivity contribution in [2.24, 2.45) is 0 Å². The molecule has 0 spiro atoms. The third-order valence-corrected chi connectivity index (χ3v) is 4.77. The number of halogens is 1. The highest BCUT2D eigenvalue weighted by molar-refractivity contribution is 7.89. The molecule has 0 saturated carbocycles. The molecule has 0 aromatic heterocycles. The number of nitrogens with one attached hydrogen (secondary N) is 2. The first kappa shape index (κ1) is 18.0. The molecule has 8 heteroatoms. The summed E-state index contributed by atoms with van der Waals surface area (Å²) in [6, 6.07) is 4.76. The summed E-state index contributed by atoms with van der Waals surface area (Å²) in [4.78, 5) is 0.174. The lowest BCUT2D eigenvalue weighted by atomic mass is 10.2. The monoisotopic (exact) mass is 336 g/mol. The summed E-state index contributed by atoms with van der Waals surface area (Å²) in [6.45, 7) is 1.35. The molecule has 0 aliphatic carbocycles. The molecule has 0 radical (unpaired) electrons. The second kappa shape index (κ2) is 7.84. The molecule has 1 unspecified atom stereocenters. The molecule has 1 heterocycles. The van der Waals surface area contributed by atoms with Crippen LogP contribution in [0.5, 0.6) is 11.5 Å². The Morgan fingerprint density at radius 1 is 1.29 bits per heavy atom. The van der Waals surface area contributed by atoms with Crippen LogP contribution in [0, 0.1) is 0 Å². The van der Waals surface area contributed by atoms with Crippen LogP contribution >= 0.6 is 12.4 Å². The first-order valence-corrected chi connectivity index (χ1v) is 8.00. The zero-order chi connectivity index (χ0) is 14.6. The van der Waals surface area contributed by atoms with Gasteiger partial charge in [0.2, 0.25) is 10.0 Å². The Balaban J connectivity index is 0.00000220. The Kier molecular flexibility index (Phi) is 6.73. The summed E-state index contributed by atoms with van der Waals surface area (Å²) in [5, 5.41) is 3.25. The number of rotatable bonds is 6. The number of methoxy groups -OCH3 is 2. The molecule has 2 rings (SSSR count). The van der Waals surface area contributed by atoms with Gasteiger partial charge in [0, 0.05) is 18.7 Å². The second-order valence-corrected chi connectivity index (χ2v) is 6.43. The van der Waals surface area contributed by atoms with Gasteiger partial charge in [-0.3, -0.25) is 0 Å². The fraction of sp³-hybridized carbons (Fsp3) is 0.538. The molecular formula is C13H21ClN2O4S. The van der Waals surface area contributed by atoms with Gasteiger partial charge in [-0.15, -0.1) is 12.4 Å². The summed E-state index contributed by atoms with van der Waals surface area (Å²) in [6.07, 6.45) is 2.08. The molecule has 2 N–H and O–H groups in total. The standard InChI is InChI=1S/C13H20N2O4S.ClH/c1-18-12-6-5-11(8-13(12)19-2)20(16,17)15-9-10-4-3-7-14-10;/h5-6,8,10,14-15H,3-4,7,9H2,1-2H3;1H. The van der Waals surface area contributed by atoms with Crippen molar-refractivity contribution in [1.29, 1.82) is 0 Å². The predicted octanol–water partition coefficient (Wildman–Crippen LogP) is 1.16. The van der Waals surface area contributed by atoms with Crippen LogP contribution in [0.2, 0.25) is 0 Å². The van der Waals surface area contributed by atoms with E-state index in [-0.39, 0.29) is 23.3 Å². The second-order valence-electron chi connectivity index (χ2n) is 4.66. The summed E-state index contributed by atoms with van der Waals surface area (Å²) in [5.74, 6) is 0.901. The van der Waals surface area contributed by atoms with Gasteiger partial charge in [-0.25, -0.2) is 13.1 Å². The lowest BCUT2D eigenvalue weighted by Gasteiger charge is -2.13. The van der Waals surface area contributed by atoms with Crippen LogP contribution in [0.1, 0.15) is 12.8 Å². The molecule has 1 aromatic rings. The Bertz CT molecular complexity index is 559. The molecule has 21 heavy (non-hydrogen) atoms. The van der Waals surface area contributed by atoms with E-state index in [2.05, 4.69) is 10.0 Å². The van der Waals surface area contributed by atoms with E-state index in [4.69, 9.17) is 9.47 Å². The van der Waals surface area contributed by atoms with Crippen molar-refractivity contribution in [3.05, 3.63) is 18.2 Å². The van der Waals surface area contributed by atoms with E-state index in [0.717, 1.165) is 19.4 Å². The fourth-order valence-corrected chi connectivity index (χ4v) is 3.30. The van der Waals surface area contributed by atoms with Gasteiger partial charge in [0.1, 0.15) is 0 Å². The van der Waals surface area contributed by atoms with E-state index in [1.807, 2.05) is 0 Å². The van der Waals surface area contributed by atoms with Crippen LogP contribution in [0.4, 0.5) is 0 Å². The van der Waals surface area contributed by atoms with E-state index in [1.54, 1.807) is 6.07 Å². The SMILES string of the molecule is COc1ccc(S(=O)(=O)NCC2CCCN2)cc1OC.Cl. The van der Waals surface area contributed by atoms with E-state index in [1.165, 1.54) is 26.4 Å². The van der Waals surface area contributed by atoms with Crippen LogP contribution in [-0.2, 0) is 10.0 Å². The van der Waals surface area contributed by atoms with Gasteiger partial charge in [0.05, 0.1) is 19.1 Å². The highest BCUT2D eigenvalue weighted by Crippen LogP contribution is 2.29. The Morgan fingerprint density at radius 3 is 2.57 bits per heavy atom. The first-order chi connectivity index (χ1) is 9.56. The average molecular weight is 337 g/mol. The van der Waals surface area contributed by atoms with Crippen molar-refractivity contribution >= 4 is 22.4 Å². The largest absolute Gasteiger partial charge is 0.493 e. The van der Waals surface area contributed by atoms with Crippen molar-refractivity contribution in [2.75, 3.05) is 27.3 Å². The summed E-state index contributed by atoms with van der Waals surface area (Å²) >= 11 is 0. The van der Waals surface area contributed by atoms with Gasteiger partial charge in [-0.1, -0.05) is 0 Å². The Labute approximate surface area is 131 Å². The van der Waals surface area contributed by atoms with E-state index in [9.17, 15) is 8.42 Å². The lowest BCUT2D eigenvalue weighted by molar-refractivity contribution is 0.354.